The number of anilines is 3. The highest BCUT2D eigenvalue weighted by molar-refractivity contribution is 6.28. The quantitative estimate of drug-likeness (QED) is 0.674. The fraction of sp³-hybridized carbons (Fsp3) is 0.200. The van der Waals surface area contributed by atoms with E-state index in [0.717, 1.165) is 12.3 Å². The van der Waals surface area contributed by atoms with Gasteiger partial charge in [0.1, 0.15) is 29.1 Å². The molecule has 1 unspecified atom stereocenters. The van der Waals surface area contributed by atoms with Crippen molar-refractivity contribution in [3.8, 4) is 0 Å². The number of halogens is 3. The topological polar surface area (TPSA) is 80.5 Å². The van der Waals surface area contributed by atoms with E-state index in [0.29, 0.717) is 17.5 Å². The van der Waals surface area contributed by atoms with Gasteiger partial charge in [0.25, 0.3) is 0 Å². The molecule has 0 aliphatic rings. The van der Waals surface area contributed by atoms with Crippen molar-refractivity contribution in [2.75, 3.05) is 10.6 Å². The number of imidazole rings is 1. The van der Waals surface area contributed by atoms with Crippen LogP contribution in [0.15, 0.2) is 30.9 Å². The van der Waals surface area contributed by atoms with Gasteiger partial charge in [-0.15, -0.1) is 0 Å². The molecule has 0 aliphatic carbocycles. The summed E-state index contributed by atoms with van der Waals surface area (Å²) in [6.07, 6.45) is 4.36. The van der Waals surface area contributed by atoms with Gasteiger partial charge in [0.2, 0.25) is 5.28 Å². The lowest BCUT2D eigenvalue weighted by atomic mass is 10.2. The van der Waals surface area contributed by atoms with Crippen molar-refractivity contribution in [2.24, 2.45) is 7.05 Å². The summed E-state index contributed by atoms with van der Waals surface area (Å²) in [6, 6.07) is 1.81. The minimum atomic E-state index is -0.744. The second kappa shape index (κ2) is 6.98. The summed E-state index contributed by atoms with van der Waals surface area (Å²) in [4.78, 5) is 16.0. The van der Waals surface area contributed by atoms with Gasteiger partial charge in [0.05, 0.1) is 24.3 Å². The first kappa shape index (κ1) is 17.0. The van der Waals surface area contributed by atoms with E-state index in [-0.39, 0.29) is 11.0 Å². The Kier molecular flexibility index (Phi) is 4.75. The molecule has 0 radical (unpaired) electrons. The number of pyridine rings is 1. The first-order valence-corrected chi connectivity index (χ1v) is 7.65. The highest BCUT2D eigenvalue weighted by atomic mass is 35.5. The fourth-order valence-corrected chi connectivity index (χ4v) is 2.38. The second-order valence-electron chi connectivity index (χ2n) is 5.34. The Hall–Kier alpha value is -2.81. The van der Waals surface area contributed by atoms with E-state index >= 15 is 0 Å². The van der Waals surface area contributed by atoms with Gasteiger partial charge < -0.3 is 15.2 Å². The number of aryl methyl sites for hydroxylation is 1. The largest absolute Gasteiger partial charge is 0.362 e. The van der Waals surface area contributed by atoms with Crippen molar-refractivity contribution in [3.63, 3.8) is 0 Å². The van der Waals surface area contributed by atoms with Gasteiger partial charge in [-0.05, 0) is 18.5 Å². The molecule has 3 aromatic heterocycles. The molecular weight excluding hydrogens is 352 g/mol. The van der Waals surface area contributed by atoms with E-state index in [1.807, 2.05) is 7.05 Å². The number of rotatable bonds is 5. The second-order valence-corrected chi connectivity index (χ2v) is 5.68. The molecule has 10 heteroatoms. The summed E-state index contributed by atoms with van der Waals surface area (Å²) >= 11 is 5.94. The summed E-state index contributed by atoms with van der Waals surface area (Å²) in [5, 5.41) is 5.96. The molecule has 0 amide bonds. The van der Waals surface area contributed by atoms with Gasteiger partial charge in [-0.3, -0.25) is 4.98 Å². The summed E-state index contributed by atoms with van der Waals surface area (Å²) in [5.41, 5.74) is 0.0652. The Morgan fingerprint density at radius 2 is 1.88 bits per heavy atom. The minimum Gasteiger partial charge on any atom is -0.362 e. The molecule has 3 heterocycles. The van der Waals surface area contributed by atoms with Crippen molar-refractivity contribution in [1.29, 1.82) is 0 Å². The Morgan fingerprint density at radius 1 is 1.12 bits per heavy atom. The Bertz CT molecular complexity index is 899. The van der Waals surface area contributed by atoms with Crippen LogP contribution in [0.25, 0.3) is 0 Å². The standard InChI is InChI=1S/C15H14ClF2N7/c1-8(14-10(18)3-9(17)5-19-14)21-11-4-12(24-15(16)23-11)22-13-6-25(2)7-20-13/h3-8H,1-2H3,(H2,21,22,23,24). The maximum atomic E-state index is 13.8. The molecule has 25 heavy (non-hydrogen) atoms. The van der Waals surface area contributed by atoms with Gasteiger partial charge in [-0.25, -0.2) is 23.7 Å². The lowest BCUT2D eigenvalue weighted by Crippen LogP contribution is -2.12. The zero-order valence-electron chi connectivity index (χ0n) is 13.3. The van der Waals surface area contributed by atoms with Crippen molar-refractivity contribution < 1.29 is 8.78 Å². The van der Waals surface area contributed by atoms with Gasteiger partial charge in [-0.2, -0.15) is 0 Å². The molecule has 3 aromatic rings. The molecule has 0 spiro atoms. The average molecular weight is 366 g/mol. The normalized spacial score (nSPS) is 12.0. The first-order chi connectivity index (χ1) is 11.9. The zero-order chi connectivity index (χ0) is 18.0. The molecule has 7 nitrogen and oxygen atoms in total. The average Bonchev–Trinajstić information content (AvgIpc) is 2.91. The van der Waals surface area contributed by atoms with Crippen molar-refractivity contribution in [2.45, 2.75) is 13.0 Å². The number of hydrogen-bond donors (Lipinski definition) is 2. The Balaban J connectivity index is 1.80. The van der Waals surface area contributed by atoms with Gasteiger partial charge in [0.15, 0.2) is 0 Å². The third-order valence-electron chi connectivity index (χ3n) is 3.27. The van der Waals surface area contributed by atoms with E-state index < -0.39 is 17.7 Å². The summed E-state index contributed by atoms with van der Waals surface area (Å²) in [7, 11) is 1.84. The molecule has 0 bridgehead atoms. The smallest absolute Gasteiger partial charge is 0.226 e. The molecule has 2 N–H and O–H groups in total. The van der Waals surface area contributed by atoms with Crippen LogP contribution in [0.5, 0.6) is 0 Å². The monoisotopic (exact) mass is 365 g/mol. The van der Waals surface area contributed by atoms with Crippen molar-refractivity contribution in [3.05, 3.63) is 53.5 Å². The molecule has 1 atom stereocenters. The van der Waals surface area contributed by atoms with E-state index in [4.69, 9.17) is 11.6 Å². The molecule has 3 rings (SSSR count). The maximum Gasteiger partial charge on any atom is 0.226 e. The number of aromatic nitrogens is 5. The van der Waals surface area contributed by atoms with Crippen molar-refractivity contribution in [1.82, 2.24) is 24.5 Å². The van der Waals surface area contributed by atoms with Crippen molar-refractivity contribution >= 4 is 29.1 Å². The maximum absolute atomic E-state index is 13.8. The number of nitrogens with one attached hydrogen (secondary N) is 2. The van der Waals surface area contributed by atoms with Crippen LogP contribution in [0.4, 0.5) is 26.2 Å². The highest BCUT2D eigenvalue weighted by Gasteiger charge is 2.15. The highest BCUT2D eigenvalue weighted by Crippen LogP contribution is 2.23. The molecule has 0 saturated heterocycles. The van der Waals surface area contributed by atoms with E-state index in [2.05, 4.69) is 30.6 Å². The Labute approximate surface area is 147 Å². The Morgan fingerprint density at radius 3 is 2.56 bits per heavy atom. The van der Waals surface area contributed by atoms with E-state index in [1.54, 1.807) is 30.1 Å². The lowest BCUT2D eigenvalue weighted by Gasteiger charge is -2.15. The van der Waals surface area contributed by atoms with Crippen LogP contribution in [-0.4, -0.2) is 24.5 Å². The SMILES string of the molecule is CC(Nc1cc(Nc2cn(C)cn2)nc(Cl)n1)c1ncc(F)cc1F. The predicted octanol–water partition coefficient (Wildman–Crippen LogP) is 3.45. The number of nitrogens with zero attached hydrogens (tertiary/aromatic N) is 5. The molecule has 130 valence electrons. The molecule has 0 aromatic carbocycles. The van der Waals surface area contributed by atoms with Gasteiger partial charge >= 0.3 is 0 Å². The molecular formula is C15H14ClF2N7. The lowest BCUT2D eigenvalue weighted by molar-refractivity contribution is 0.550. The molecule has 0 fully saturated rings. The summed E-state index contributed by atoms with van der Waals surface area (Å²) in [5.74, 6) is -0.118. The van der Waals surface area contributed by atoms with E-state index in [9.17, 15) is 8.78 Å². The summed E-state index contributed by atoms with van der Waals surface area (Å²) < 4.78 is 28.6. The van der Waals surface area contributed by atoms with Crippen LogP contribution in [0, 0.1) is 11.6 Å². The van der Waals surface area contributed by atoms with Crippen LogP contribution in [0.3, 0.4) is 0 Å². The van der Waals surface area contributed by atoms with Crippen LogP contribution in [0.2, 0.25) is 5.28 Å². The van der Waals surface area contributed by atoms with Crippen LogP contribution in [0.1, 0.15) is 18.7 Å². The van der Waals surface area contributed by atoms with Crippen LogP contribution >= 0.6 is 11.6 Å². The third kappa shape index (κ3) is 4.18. The minimum absolute atomic E-state index is 0.00293. The third-order valence-corrected chi connectivity index (χ3v) is 3.44. The molecule has 0 aliphatic heterocycles. The van der Waals surface area contributed by atoms with Crippen LogP contribution < -0.4 is 10.6 Å². The first-order valence-electron chi connectivity index (χ1n) is 7.28. The van der Waals surface area contributed by atoms with Crippen LogP contribution in [-0.2, 0) is 7.05 Å². The number of hydrogen-bond acceptors (Lipinski definition) is 6. The fourth-order valence-electron chi connectivity index (χ4n) is 2.20. The predicted molar refractivity (Wildman–Crippen MR) is 89.7 cm³/mol. The van der Waals surface area contributed by atoms with Gasteiger partial charge in [0, 0.05) is 25.4 Å². The van der Waals surface area contributed by atoms with Gasteiger partial charge in [-0.1, -0.05) is 0 Å². The summed E-state index contributed by atoms with van der Waals surface area (Å²) in [6.45, 7) is 1.67. The van der Waals surface area contributed by atoms with E-state index in [1.165, 1.54) is 0 Å². The molecule has 0 saturated carbocycles. The zero-order valence-corrected chi connectivity index (χ0v) is 14.1.